The van der Waals surface area contributed by atoms with Crippen LogP contribution in [0, 0.1) is 0 Å². The Bertz CT molecular complexity index is 1370. The van der Waals surface area contributed by atoms with Gasteiger partial charge in [0.05, 0.1) is 17.4 Å². The van der Waals surface area contributed by atoms with Gasteiger partial charge in [0.15, 0.2) is 5.82 Å². The molecule has 0 saturated carbocycles. The number of nitrogens with zero attached hydrogens (tertiary/aromatic N) is 7. The molecule has 6 rings (SSSR count). The third-order valence-electron chi connectivity index (χ3n) is 7.81. The van der Waals surface area contributed by atoms with Crippen LogP contribution in [0.25, 0.3) is 11.3 Å². The highest BCUT2D eigenvalue weighted by Crippen LogP contribution is 2.36. The van der Waals surface area contributed by atoms with E-state index in [4.69, 9.17) is 14.7 Å². The van der Waals surface area contributed by atoms with Crippen LogP contribution in [0.1, 0.15) is 45.1 Å². The Balaban J connectivity index is 1.09. The first-order valence-electron chi connectivity index (χ1n) is 14.0. The highest BCUT2D eigenvalue weighted by molar-refractivity contribution is 5.76. The van der Waals surface area contributed by atoms with E-state index >= 15 is 0 Å². The molecular formula is C29H36N8O3. The van der Waals surface area contributed by atoms with E-state index in [0.29, 0.717) is 30.3 Å². The maximum Gasteiger partial charge on any atom is 0.410 e. The molecular weight excluding hydrogens is 508 g/mol. The lowest BCUT2D eigenvalue weighted by Crippen LogP contribution is -2.58. The second kappa shape index (κ2) is 10.4. The summed E-state index contributed by atoms with van der Waals surface area (Å²) in [5.41, 5.74) is 2.96. The molecule has 0 bridgehead atoms. The number of aromatic hydroxyl groups is 1. The molecule has 0 aliphatic carbocycles. The zero-order valence-electron chi connectivity index (χ0n) is 23.2. The number of carbonyl (C=O) groups is 1. The Hall–Kier alpha value is -4.15. The van der Waals surface area contributed by atoms with Gasteiger partial charge in [0.25, 0.3) is 0 Å². The number of rotatable bonds is 3. The van der Waals surface area contributed by atoms with Gasteiger partial charge in [-0.25, -0.2) is 14.8 Å². The third kappa shape index (κ3) is 5.32. The van der Waals surface area contributed by atoms with Gasteiger partial charge in [-0.1, -0.05) is 12.1 Å². The Morgan fingerprint density at radius 1 is 1.05 bits per heavy atom. The molecule has 3 aliphatic heterocycles. The van der Waals surface area contributed by atoms with Crippen molar-refractivity contribution < 1.29 is 14.6 Å². The predicted octanol–water partition coefficient (Wildman–Crippen LogP) is 3.87. The predicted molar refractivity (Wildman–Crippen MR) is 153 cm³/mol. The first kappa shape index (κ1) is 26.1. The number of hydrogen-bond donors (Lipinski definition) is 2. The average molecular weight is 545 g/mol. The van der Waals surface area contributed by atoms with Gasteiger partial charge >= 0.3 is 6.09 Å². The molecule has 11 nitrogen and oxygen atoms in total. The van der Waals surface area contributed by atoms with E-state index in [0.717, 1.165) is 62.0 Å². The van der Waals surface area contributed by atoms with Gasteiger partial charge in [0.1, 0.15) is 11.4 Å². The van der Waals surface area contributed by atoms with Crippen LogP contribution in [0.3, 0.4) is 0 Å². The van der Waals surface area contributed by atoms with E-state index < -0.39 is 5.60 Å². The fraction of sp³-hybridized carbons (Fsp3) is 0.483. The second-order valence-corrected chi connectivity index (χ2v) is 11.7. The molecule has 2 fully saturated rings. The van der Waals surface area contributed by atoms with Crippen molar-refractivity contribution in [2.45, 2.75) is 51.2 Å². The monoisotopic (exact) mass is 544 g/mol. The molecule has 40 heavy (non-hydrogen) atoms. The maximum absolute atomic E-state index is 12.4. The molecule has 2 aromatic heterocycles. The molecule has 210 valence electrons. The van der Waals surface area contributed by atoms with E-state index in [1.807, 2.05) is 51.4 Å². The molecule has 11 heteroatoms. The van der Waals surface area contributed by atoms with Crippen molar-refractivity contribution in [1.82, 2.24) is 25.1 Å². The first-order chi connectivity index (χ1) is 19.2. The Labute approximate surface area is 234 Å². The Morgan fingerprint density at radius 3 is 2.52 bits per heavy atom. The molecule has 0 radical (unpaired) electrons. The molecule has 1 atom stereocenters. The minimum Gasteiger partial charge on any atom is -0.507 e. The highest BCUT2D eigenvalue weighted by Gasteiger charge is 2.34. The number of phenolic OH excluding ortho intramolecular Hbond substituents is 1. The maximum atomic E-state index is 12.4. The molecule has 3 aromatic rings. The number of fused-ring (bicyclic) bond motifs is 3. The van der Waals surface area contributed by atoms with Crippen LogP contribution in [0.15, 0.2) is 42.7 Å². The van der Waals surface area contributed by atoms with Crippen molar-refractivity contribution in [1.29, 1.82) is 0 Å². The molecule has 0 spiro atoms. The summed E-state index contributed by atoms with van der Waals surface area (Å²) in [7, 11) is 0. The number of aromatic nitrogens is 4. The number of piperazine rings is 1. The number of ether oxygens (including phenoxy) is 1. The zero-order chi connectivity index (χ0) is 27.9. The standard InChI is InChI=1S/C29H36N8O3/c1-29(2,3)40-28(39)35-10-8-19(9-11-35)20-15-31-27(32-16-20)36-12-13-37-21(18-36)17-30-26-24(37)14-23(33-34-26)22-6-4-5-7-25(22)38/h4-7,14-16,19,21,38H,8-13,17-18H2,1-3H3,(H,30,34)/t21-/m1/s1. The summed E-state index contributed by atoms with van der Waals surface area (Å²) in [6, 6.07) is 9.42. The van der Waals surface area contributed by atoms with Gasteiger partial charge in [0.2, 0.25) is 5.95 Å². The normalized spacial score (nSPS) is 19.5. The zero-order valence-corrected chi connectivity index (χ0v) is 23.2. The van der Waals surface area contributed by atoms with E-state index in [1.54, 1.807) is 17.0 Å². The summed E-state index contributed by atoms with van der Waals surface area (Å²) < 4.78 is 5.52. The molecule has 1 aromatic carbocycles. The van der Waals surface area contributed by atoms with Crippen LogP contribution >= 0.6 is 0 Å². The molecule has 0 unspecified atom stereocenters. The highest BCUT2D eigenvalue weighted by atomic mass is 16.6. The number of phenols is 1. The van der Waals surface area contributed by atoms with Gasteiger partial charge in [0, 0.05) is 57.2 Å². The largest absolute Gasteiger partial charge is 0.507 e. The van der Waals surface area contributed by atoms with Gasteiger partial charge in [-0.15, -0.1) is 10.2 Å². The Morgan fingerprint density at radius 2 is 1.80 bits per heavy atom. The van der Waals surface area contributed by atoms with Crippen molar-refractivity contribution in [3.05, 3.63) is 48.3 Å². The van der Waals surface area contributed by atoms with Crippen LogP contribution in [0.5, 0.6) is 5.75 Å². The molecule has 5 heterocycles. The fourth-order valence-electron chi connectivity index (χ4n) is 5.72. The summed E-state index contributed by atoms with van der Waals surface area (Å²) in [6.45, 7) is 10.2. The van der Waals surface area contributed by atoms with Crippen molar-refractivity contribution >= 4 is 23.5 Å². The number of nitrogens with one attached hydrogen (secondary N) is 1. The van der Waals surface area contributed by atoms with Crippen LogP contribution in [0.2, 0.25) is 0 Å². The smallest absolute Gasteiger partial charge is 0.410 e. The quantitative estimate of drug-likeness (QED) is 0.503. The van der Waals surface area contributed by atoms with Crippen LogP contribution < -0.4 is 15.1 Å². The Kier molecular flexibility index (Phi) is 6.81. The van der Waals surface area contributed by atoms with Crippen molar-refractivity contribution in [3.8, 4) is 17.0 Å². The van der Waals surface area contributed by atoms with Crippen LogP contribution in [0.4, 0.5) is 22.2 Å². The molecule has 3 aliphatic rings. The SMILES string of the molecule is CC(C)(C)OC(=O)N1CCC(c2cnc(N3CCN4c5cc(-c6ccccc6O)nnc5NC[C@@H]4C3)nc2)CC1. The number of benzene rings is 1. The van der Waals surface area contributed by atoms with Crippen molar-refractivity contribution in [2.75, 3.05) is 54.4 Å². The van der Waals surface area contributed by atoms with Gasteiger partial charge in [-0.05, 0) is 63.3 Å². The lowest BCUT2D eigenvalue weighted by Gasteiger charge is -2.45. The number of para-hydroxylation sites is 1. The first-order valence-corrected chi connectivity index (χ1v) is 14.0. The van der Waals surface area contributed by atoms with Crippen molar-refractivity contribution in [2.24, 2.45) is 0 Å². The number of likely N-dealkylation sites (tertiary alicyclic amines) is 1. The molecule has 2 N–H and O–H groups in total. The summed E-state index contributed by atoms with van der Waals surface area (Å²) in [6.07, 6.45) is 5.41. The van der Waals surface area contributed by atoms with Crippen LogP contribution in [-0.4, -0.2) is 87.2 Å². The number of amides is 1. The average Bonchev–Trinajstić information content (AvgIpc) is 2.96. The molecule has 1 amide bonds. The number of piperidine rings is 1. The topological polar surface area (TPSA) is 120 Å². The number of carbonyl (C=O) groups excluding carboxylic acids is 1. The minimum atomic E-state index is -0.483. The van der Waals surface area contributed by atoms with E-state index in [-0.39, 0.29) is 17.9 Å². The minimum absolute atomic E-state index is 0.191. The lowest BCUT2D eigenvalue weighted by atomic mass is 9.91. The van der Waals surface area contributed by atoms with E-state index in [2.05, 4.69) is 25.3 Å². The fourth-order valence-corrected chi connectivity index (χ4v) is 5.72. The summed E-state index contributed by atoms with van der Waals surface area (Å²) in [5.74, 6) is 2.03. The lowest BCUT2D eigenvalue weighted by molar-refractivity contribution is 0.0204. The number of anilines is 3. The summed E-state index contributed by atoms with van der Waals surface area (Å²) >= 11 is 0. The van der Waals surface area contributed by atoms with E-state index in [1.165, 1.54) is 0 Å². The number of hydrogen-bond acceptors (Lipinski definition) is 10. The van der Waals surface area contributed by atoms with E-state index in [9.17, 15) is 9.90 Å². The summed E-state index contributed by atoms with van der Waals surface area (Å²) in [4.78, 5) is 28.3. The third-order valence-corrected chi connectivity index (χ3v) is 7.81. The summed E-state index contributed by atoms with van der Waals surface area (Å²) in [5, 5.41) is 22.5. The van der Waals surface area contributed by atoms with Crippen LogP contribution in [-0.2, 0) is 4.74 Å². The molecule has 2 saturated heterocycles. The van der Waals surface area contributed by atoms with Crippen molar-refractivity contribution in [3.63, 3.8) is 0 Å². The second-order valence-electron chi connectivity index (χ2n) is 11.7. The van der Waals surface area contributed by atoms with Gasteiger partial charge in [-0.3, -0.25) is 0 Å². The van der Waals surface area contributed by atoms with Gasteiger partial charge in [-0.2, -0.15) is 0 Å². The van der Waals surface area contributed by atoms with Gasteiger partial charge < -0.3 is 29.9 Å².